The van der Waals surface area contributed by atoms with Gasteiger partial charge in [0.1, 0.15) is 10.6 Å². The molecule has 3 aromatic carbocycles. The fourth-order valence-corrected chi connectivity index (χ4v) is 6.50. The molecule has 0 spiro atoms. The molecule has 7 nitrogen and oxygen atoms in total. The van der Waals surface area contributed by atoms with Gasteiger partial charge in [0.2, 0.25) is 0 Å². The van der Waals surface area contributed by atoms with Gasteiger partial charge in [-0.25, -0.2) is 16.8 Å². The van der Waals surface area contributed by atoms with Gasteiger partial charge in [0, 0.05) is 22.9 Å². The van der Waals surface area contributed by atoms with Gasteiger partial charge in [-0.15, -0.1) is 0 Å². The van der Waals surface area contributed by atoms with Crippen molar-refractivity contribution < 1.29 is 16.8 Å². The van der Waals surface area contributed by atoms with Gasteiger partial charge in [-0.3, -0.25) is 9.82 Å². The molecule has 0 aliphatic rings. The maximum Gasteiger partial charge on any atom is 0.263 e. The highest BCUT2D eigenvalue weighted by atomic mass is 32.2. The lowest BCUT2D eigenvalue weighted by molar-refractivity contribution is 0.588. The number of aromatic nitrogens is 2. The molecule has 33 heavy (non-hydrogen) atoms. The minimum absolute atomic E-state index is 0.115. The first-order valence-corrected chi connectivity index (χ1v) is 13.7. The fraction of sp³-hybridized carbons (Fsp3) is 0.208. The Kier molecular flexibility index (Phi) is 5.58. The lowest BCUT2D eigenvalue weighted by Crippen LogP contribution is -2.16. The van der Waals surface area contributed by atoms with E-state index in [1.54, 1.807) is 18.2 Å². The van der Waals surface area contributed by atoms with Crippen molar-refractivity contribution in [2.45, 2.75) is 36.0 Å². The molecule has 0 saturated carbocycles. The molecule has 4 rings (SSSR count). The van der Waals surface area contributed by atoms with Gasteiger partial charge in [-0.2, -0.15) is 5.10 Å². The Morgan fingerprint density at radius 2 is 1.48 bits per heavy atom. The minimum Gasteiger partial charge on any atom is -0.280 e. The van der Waals surface area contributed by atoms with Crippen molar-refractivity contribution >= 4 is 36.5 Å². The van der Waals surface area contributed by atoms with Gasteiger partial charge in [-0.05, 0) is 41.3 Å². The van der Waals surface area contributed by atoms with Gasteiger partial charge >= 0.3 is 0 Å². The molecule has 0 bridgehead atoms. The van der Waals surface area contributed by atoms with E-state index in [9.17, 15) is 16.8 Å². The monoisotopic (exact) mass is 483 g/mol. The molecule has 0 unspecified atom stereocenters. The first kappa shape index (κ1) is 23.0. The van der Waals surface area contributed by atoms with Gasteiger partial charge in [0.15, 0.2) is 9.84 Å². The van der Waals surface area contributed by atoms with Crippen LogP contribution in [-0.4, -0.2) is 33.3 Å². The Morgan fingerprint density at radius 1 is 0.848 bits per heavy atom. The molecule has 0 aliphatic heterocycles. The van der Waals surface area contributed by atoms with E-state index in [0.717, 1.165) is 28.3 Å². The van der Waals surface area contributed by atoms with Gasteiger partial charge in [-0.1, -0.05) is 57.2 Å². The second-order valence-corrected chi connectivity index (χ2v) is 12.6. The second kappa shape index (κ2) is 8.00. The summed E-state index contributed by atoms with van der Waals surface area (Å²) in [5, 5.41) is 8.26. The number of aromatic amines is 1. The van der Waals surface area contributed by atoms with Crippen molar-refractivity contribution in [2.75, 3.05) is 11.0 Å². The highest BCUT2D eigenvalue weighted by Gasteiger charge is 2.25. The van der Waals surface area contributed by atoms with E-state index in [4.69, 9.17) is 0 Å². The van der Waals surface area contributed by atoms with E-state index in [1.807, 2.05) is 18.2 Å². The Balaban J connectivity index is 1.81. The third-order valence-electron chi connectivity index (χ3n) is 5.34. The number of sulfonamides is 1. The number of nitrogens with zero attached hydrogens (tertiary/aromatic N) is 1. The zero-order valence-electron chi connectivity index (χ0n) is 18.7. The van der Waals surface area contributed by atoms with Gasteiger partial charge in [0.05, 0.1) is 10.4 Å². The molecular weight excluding hydrogens is 458 g/mol. The van der Waals surface area contributed by atoms with Crippen LogP contribution in [0, 0.1) is 0 Å². The average molecular weight is 484 g/mol. The lowest BCUT2D eigenvalue weighted by atomic mass is 9.82. The van der Waals surface area contributed by atoms with Crippen LogP contribution < -0.4 is 4.72 Å². The molecule has 0 saturated heterocycles. The number of fused-ring (bicyclic) bond motifs is 1. The van der Waals surface area contributed by atoms with E-state index in [0.29, 0.717) is 11.4 Å². The summed E-state index contributed by atoms with van der Waals surface area (Å²) in [6.07, 6.45) is 0.984. The molecule has 1 aromatic heterocycles. The molecule has 0 radical (unpaired) electrons. The van der Waals surface area contributed by atoms with Crippen LogP contribution in [0.5, 0.6) is 0 Å². The summed E-state index contributed by atoms with van der Waals surface area (Å²) in [5.41, 5.74) is 3.74. The third-order valence-corrected chi connectivity index (χ3v) is 8.07. The number of hydrogen-bond acceptors (Lipinski definition) is 5. The van der Waals surface area contributed by atoms with Crippen molar-refractivity contribution in [3.63, 3.8) is 0 Å². The Morgan fingerprint density at radius 3 is 2.15 bits per heavy atom. The quantitative estimate of drug-likeness (QED) is 0.426. The highest BCUT2D eigenvalue weighted by Crippen LogP contribution is 2.36. The van der Waals surface area contributed by atoms with Crippen LogP contribution in [0.4, 0.5) is 5.69 Å². The molecule has 2 N–H and O–H groups in total. The summed E-state index contributed by atoms with van der Waals surface area (Å²) < 4.78 is 52.9. The molecule has 172 valence electrons. The zero-order chi connectivity index (χ0) is 24.0. The Bertz CT molecular complexity index is 1560. The summed E-state index contributed by atoms with van der Waals surface area (Å²) in [5.74, 6) is 0. The van der Waals surface area contributed by atoms with Crippen LogP contribution in [0.3, 0.4) is 0 Å². The van der Waals surface area contributed by atoms with Gasteiger partial charge < -0.3 is 0 Å². The largest absolute Gasteiger partial charge is 0.280 e. The maximum absolute atomic E-state index is 13.1. The number of hydrogen-bond donors (Lipinski definition) is 2. The van der Waals surface area contributed by atoms with Crippen molar-refractivity contribution in [1.29, 1.82) is 0 Å². The SMILES string of the molecule is CC(C)(C)c1ccccc1-c1n[nH]c2ccc(NS(=O)(=O)c3ccccc3S(C)(=O)=O)cc12. The summed E-state index contributed by atoms with van der Waals surface area (Å²) in [6, 6.07) is 18.6. The van der Waals surface area contributed by atoms with E-state index in [-0.39, 0.29) is 15.2 Å². The summed E-state index contributed by atoms with van der Waals surface area (Å²) >= 11 is 0. The summed E-state index contributed by atoms with van der Waals surface area (Å²) in [4.78, 5) is -0.542. The van der Waals surface area contributed by atoms with Crippen molar-refractivity contribution in [2.24, 2.45) is 0 Å². The summed E-state index contributed by atoms with van der Waals surface area (Å²) in [6.45, 7) is 6.37. The zero-order valence-corrected chi connectivity index (χ0v) is 20.4. The Labute approximate surface area is 193 Å². The van der Waals surface area contributed by atoms with Crippen LogP contribution in [0.25, 0.3) is 22.2 Å². The first-order valence-electron chi connectivity index (χ1n) is 10.3. The first-order chi connectivity index (χ1) is 15.4. The molecule has 0 aliphatic carbocycles. The highest BCUT2D eigenvalue weighted by molar-refractivity contribution is 7.95. The fourth-order valence-electron chi connectivity index (χ4n) is 3.82. The molecule has 0 fully saturated rings. The number of rotatable bonds is 5. The summed E-state index contributed by atoms with van der Waals surface area (Å²) in [7, 11) is -7.88. The number of benzene rings is 3. The predicted octanol–water partition coefficient (Wildman–Crippen LogP) is 4.73. The number of H-pyrrole nitrogens is 1. The second-order valence-electron chi connectivity index (χ2n) is 8.95. The minimum atomic E-state index is -4.15. The van der Waals surface area contributed by atoms with Crippen LogP contribution in [0.15, 0.2) is 76.5 Å². The van der Waals surface area contributed by atoms with Crippen LogP contribution in [-0.2, 0) is 25.3 Å². The number of anilines is 1. The van der Waals surface area contributed by atoms with Crippen molar-refractivity contribution in [1.82, 2.24) is 10.2 Å². The van der Waals surface area contributed by atoms with Gasteiger partial charge in [0.25, 0.3) is 10.0 Å². The molecule has 0 atom stereocenters. The number of nitrogens with one attached hydrogen (secondary N) is 2. The van der Waals surface area contributed by atoms with Crippen LogP contribution in [0.2, 0.25) is 0 Å². The van der Waals surface area contributed by atoms with Crippen molar-refractivity contribution in [3.05, 3.63) is 72.3 Å². The molecular formula is C24H25N3O4S2. The topological polar surface area (TPSA) is 109 Å². The lowest BCUT2D eigenvalue weighted by Gasteiger charge is -2.22. The molecule has 4 aromatic rings. The smallest absolute Gasteiger partial charge is 0.263 e. The average Bonchev–Trinajstić information content (AvgIpc) is 3.15. The molecule has 1 heterocycles. The van der Waals surface area contributed by atoms with E-state index in [1.165, 1.54) is 24.3 Å². The van der Waals surface area contributed by atoms with E-state index in [2.05, 4.69) is 41.8 Å². The third kappa shape index (κ3) is 4.51. The molecule has 9 heteroatoms. The van der Waals surface area contributed by atoms with Crippen molar-refractivity contribution in [3.8, 4) is 11.3 Å². The van der Waals surface area contributed by atoms with Crippen LogP contribution in [0.1, 0.15) is 26.3 Å². The standard InChI is InChI=1S/C24H25N3O4S2/c1-24(2,3)19-10-6-5-9-17(19)23-18-15-16(13-14-20(18)25-26-23)27-33(30,31)22-12-8-7-11-21(22)32(4,28)29/h5-15,27H,1-4H3,(H,25,26). The van der Waals surface area contributed by atoms with E-state index < -0.39 is 19.9 Å². The maximum atomic E-state index is 13.1. The molecule has 0 amide bonds. The number of sulfone groups is 1. The van der Waals surface area contributed by atoms with Crippen LogP contribution >= 0.6 is 0 Å². The van der Waals surface area contributed by atoms with E-state index >= 15 is 0 Å². The normalized spacial score (nSPS) is 12.7. The Hall–Kier alpha value is -3.17. The predicted molar refractivity (Wildman–Crippen MR) is 131 cm³/mol.